The van der Waals surface area contributed by atoms with Crippen LogP contribution in [-0.2, 0) is 0 Å². The van der Waals surface area contributed by atoms with Gasteiger partial charge in [-0.25, -0.2) is 0 Å². The van der Waals surface area contributed by atoms with Gasteiger partial charge >= 0.3 is 0 Å². The van der Waals surface area contributed by atoms with Gasteiger partial charge in [0.25, 0.3) is 5.69 Å². The molecule has 0 unspecified atom stereocenters. The van der Waals surface area contributed by atoms with Gasteiger partial charge in [0.2, 0.25) is 0 Å². The van der Waals surface area contributed by atoms with Crippen LogP contribution in [0.1, 0.15) is 0 Å². The maximum absolute atomic E-state index is 10.8. The van der Waals surface area contributed by atoms with Crippen molar-refractivity contribution in [2.45, 2.75) is 0 Å². The average molecular weight is 333 g/mol. The topological polar surface area (TPSA) is 85.7 Å². The van der Waals surface area contributed by atoms with E-state index in [-0.39, 0.29) is 5.69 Å². The molecule has 8 heteroatoms. The minimum atomic E-state index is -0.464. The zero-order valence-electron chi connectivity index (χ0n) is 12.5. The highest BCUT2D eigenvalue weighted by Crippen LogP contribution is 2.26. The Kier molecular flexibility index (Phi) is 5.32. The third-order valence-corrected chi connectivity index (χ3v) is 3.13. The van der Waals surface area contributed by atoms with Crippen LogP contribution in [0.15, 0.2) is 42.5 Å². The Morgan fingerprint density at radius 3 is 2.22 bits per heavy atom. The van der Waals surface area contributed by atoms with Crippen LogP contribution in [0.25, 0.3) is 0 Å². The number of benzene rings is 2. The second-order valence-electron chi connectivity index (χ2n) is 4.49. The summed E-state index contributed by atoms with van der Waals surface area (Å²) in [5, 5.41) is 16.9. The van der Waals surface area contributed by atoms with Crippen LogP contribution in [0.5, 0.6) is 11.5 Å². The van der Waals surface area contributed by atoms with Crippen LogP contribution in [0, 0.1) is 10.1 Å². The Labute approximate surface area is 138 Å². The van der Waals surface area contributed by atoms with Crippen LogP contribution in [0.3, 0.4) is 0 Å². The van der Waals surface area contributed by atoms with Crippen molar-refractivity contribution in [2.24, 2.45) is 0 Å². The van der Waals surface area contributed by atoms with Gasteiger partial charge in [-0.05, 0) is 18.3 Å². The predicted molar refractivity (Wildman–Crippen MR) is 92.5 cm³/mol. The van der Waals surface area contributed by atoms with Crippen LogP contribution in [0.2, 0.25) is 0 Å². The normalized spacial score (nSPS) is 9.83. The first kappa shape index (κ1) is 16.5. The second-order valence-corrected chi connectivity index (χ2v) is 4.90. The maximum atomic E-state index is 10.8. The number of hydrogen-bond donors (Lipinski definition) is 2. The lowest BCUT2D eigenvalue weighted by molar-refractivity contribution is -0.384. The molecule has 0 aliphatic rings. The Morgan fingerprint density at radius 2 is 1.65 bits per heavy atom. The summed E-state index contributed by atoms with van der Waals surface area (Å²) in [5.41, 5.74) is 1.18. The quantitative estimate of drug-likeness (QED) is 0.492. The molecule has 0 atom stereocenters. The summed E-state index contributed by atoms with van der Waals surface area (Å²) in [5.74, 6) is 1.23. The first-order valence-corrected chi connectivity index (χ1v) is 6.98. The summed E-state index contributed by atoms with van der Waals surface area (Å²) in [7, 11) is 3.11. The van der Waals surface area contributed by atoms with E-state index in [0.29, 0.717) is 28.0 Å². The molecule has 0 aromatic heterocycles. The molecule has 0 aliphatic carbocycles. The minimum absolute atomic E-state index is 0.0131. The monoisotopic (exact) mass is 333 g/mol. The molecule has 2 aromatic rings. The molecule has 120 valence electrons. The van der Waals surface area contributed by atoms with Crippen molar-refractivity contribution in [1.82, 2.24) is 0 Å². The van der Waals surface area contributed by atoms with Gasteiger partial charge in [0.15, 0.2) is 5.11 Å². The highest BCUT2D eigenvalue weighted by Gasteiger charge is 2.08. The number of thiocarbonyl (C=S) groups is 1. The third-order valence-electron chi connectivity index (χ3n) is 2.92. The summed E-state index contributed by atoms with van der Waals surface area (Å²) < 4.78 is 10.4. The molecule has 23 heavy (non-hydrogen) atoms. The number of nitro groups is 1. The van der Waals surface area contributed by atoms with Gasteiger partial charge in [0, 0.05) is 41.7 Å². The second kappa shape index (κ2) is 7.41. The van der Waals surface area contributed by atoms with E-state index in [1.165, 1.54) is 12.1 Å². The molecule has 0 aliphatic heterocycles. The highest BCUT2D eigenvalue weighted by atomic mass is 32.1. The third kappa shape index (κ3) is 4.55. The van der Waals surface area contributed by atoms with Crippen molar-refractivity contribution in [2.75, 3.05) is 24.9 Å². The SMILES string of the molecule is COc1cc(NC(=S)Nc2cccc([N+](=O)[O-])c2)cc(OC)c1. The fraction of sp³-hybridized carbons (Fsp3) is 0.133. The lowest BCUT2D eigenvalue weighted by Gasteiger charge is -2.12. The number of nitrogens with zero attached hydrogens (tertiary/aromatic N) is 1. The van der Waals surface area contributed by atoms with Crippen LogP contribution in [-0.4, -0.2) is 24.3 Å². The highest BCUT2D eigenvalue weighted by molar-refractivity contribution is 7.80. The summed E-state index contributed by atoms with van der Waals surface area (Å²) in [6.07, 6.45) is 0. The molecule has 0 saturated carbocycles. The van der Waals surface area contributed by atoms with E-state index in [9.17, 15) is 10.1 Å². The Hall–Kier alpha value is -2.87. The van der Waals surface area contributed by atoms with Gasteiger partial charge in [-0.2, -0.15) is 0 Å². The largest absolute Gasteiger partial charge is 0.497 e. The number of anilines is 2. The van der Waals surface area contributed by atoms with Gasteiger partial charge in [0.1, 0.15) is 11.5 Å². The van der Waals surface area contributed by atoms with E-state index in [2.05, 4.69) is 10.6 Å². The number of nitrogens with one attached hydrogen (secondary N) is 2. The number of rotatable bonds is 5. The molecule has 0 fully saturated rings. The lowest BCUT2D eigenvalue weighted by atomic mass is 10.2. The van der Waals surface area contributed by atoms with Gasteiger partial charge in [-0.1, -0.05) is 6.07 Å². The number of hydrogen-bond acceptors (Lipinski definition) is 5. The smallest absolute Gasteiger partial charge is 0.271 e. The minimum Gasteiger partial charge on any atom is -0.497 e. The molecule has 0 bridgehead atoms. The number of methoxy groups -OCH3 is 2. The van der Waals surface area contributed by atoms with Crippen molar-refractivity contribution in [1.29, 1.82) is 0 Å². The van der Waals surface area contributed by atoms with E-state index >= 15 is 0 Å². The molecule has 0 amide bonds. The lowest BCUT2D eigenvalue weighted by Crippen LogP contribution is -2.19. The fourth-order valence-electron chi connectivity index (χ4n) is 1.87. The van der Waals surface area contributed by atoms with E-state index in [4.69, 9.17) is 21.7 Å². The fourth-order valence-corrected chi connectivity index (χ4v) is 2.11. The first-order chi connectivity index (χ1) is 11.0. The van der Waals surface area contributed by atoms with E-state index in [1.807, 2.05) is 0 Å². The summed E-state index contributed by atoms with van der Waals surface area (Å²) in [6.45, 7) is 0. The zero-order chi connectivity index (χ0) is 16.8. The Balaban J connectivity index is 2.10. The molecule has 2 aromatic carbocycles. The summed E-state index contributed by atoms with van der Waals surface area (Å²) >= 11 is 5.21. The van der Waals surface area contributed by atoms with Gasteiger partial charge < -0.3 is 20.1 Å². The Bertz CT molecular complexity index is 714. The summed E-state index contributed by atoms with van der Waals surface area (Å²) in [6, 6.07) is 11.3. The number of non-ortho nitro benzene ring substituents is 1. The van der Waals surface area contributed by atoms with Gasteiger partial charge in [-0.15, -0.1) is 0 Å². The predicted octanol–water partition coefficient (Wildman–Crippen LogP) is 3.42. The van der Waals surface area contributed by atoms with E-state index in [1.54, 1.807) is 44.6 Å². The molecular formula is C15H15N3O4S. The standard InChI is InChI=1S/C15H15N3O4S/c1-21-13-7-11(8-14(9-13)22-2)17-15(23)16-10-4-3-5-12(6-10)18(19)20/h3-9H,1-2H3,(H2,16,17,23). The van der Waals surface area contributed by atoms with Crippen LogP contribution < -0.4 is 20.1 Å². The van der Waals surface area contributed by atoms with Crippen molar-refractivity contribution in [3.05, 3.63) is 52.6 Å². The molecule has 2 N–H and O–H groups in total. The van der Waals surface area contributed by atoms with E-state index in [0.717, 1.165) is 0 Å². The molecule has 0 saturated heterocycles. The van der Waals surface area contributed by atoms with Crippen molar-refractivity contribution < 1.29 is 14.4 Å². The zero-order valence-corrected chi connectivity index (χ0v) is 13.3. The number of nitro benzene ring substituents is 1. The first-order valence-electron chi connectivity index (χ1n) is 6.57. The summed E-state index contributed by atoms with van der Waals surface area (Å²) in [4.78, 5) is 10.3. The van der Waals surface area contributed by atoms with Crippen LogP contribution >= 0.6 is 12.2 Å². The van der Waals surface area contributed by atoms with Crippen LogP contribution in [0.4, 0.5) is 17.1 Å². The van der Waals surface area contributed by atoms with Crippen molar-refractivity contribution >= 4 is 34.4 Å². The Morgan fingerprint density at radius 1 is 1.04 bits per heavy atom. The van der Waals surface area contributed by atoms with Crippen molar-refractivity contribution in [3.63, 3.8) is 0 Å². The van der Waals surface area contributed by atoms with Gasteiger partial charge in [-0.3, -0.25) is 10.1 Å². The van der Waals surface area contributed by atoms with Crippen molar-refractivity contribution in [3.8, 4) is 11.5 Å². The molecule has 0 spiro atoms. The molecule has 0 radical (unpaired) electrons. The molecular weight excluding hydrogens is 318 g/mol. The van der Waals surface area contributed by atoms with Gasteiger partial charge in [0.05, 0.1) is 19.1 Å². The number of ether oxygens (including phenoxy) is 2. The molecule has 0 heterocycles. The molecule has 7 nitrogen and oxygen atoms in total. The van der Waals surface area contributed by atoms with E-state index < -0.39 is 4.92 Å². The average Bonchev–Trinajstić information content (AvgIpc) is 2.54. The molecule has 2 rings (SSSR count). The maximum Gasteiger partial charge on any atom is 0.271 e.